The highest BCUT2D eigenvalue weighted by atomic mass is 35.5. The molecule has 3 heterocycles. The highest BCUT2D eigenvalue weighted by Gasteiger charge is 2.31. The lowest BCUT2D eigenvalue weighted by Crippen LogP contribution is -2.36. The van der Waals surface area contributed by atoms with Crippen LogP contribution in [0.3, 0.4) is 0 Å². The van der Waals surface area contributed by atoms with Gasteiger partial charge < -0.3 is 4.98 Å². The molecular formula is C19H18ClFN4. The van der Waals surface area contributed by atoms with Crippen LogP contribution in [0.15, 0.2) is 42.9 Å². The monoisotopic (exact) mass is 356 g/mol. The van der Waals surface area contributed by atoms with Crippen molar-refractivity contribution in [2.45, 2.75) is 25.9 Å². The number of nitrogens with zero attached hydrogens (tertiary/aromatic N) is 3. The molecule has 1 aliphatic rings. The van der Waals surface area contributed by atoms with Crippen LogP contribution in [-0.2, 0) is 13.0 Å². The number of imidazole rings is 1. The van der Waals surface area contributed by atoms with Gasteiger partial charge in [-0.1, -0.05) is 29.8 Å². The standard InChI is InChI=1S/C19H18ClFN4/c1-12-8-14(3-4-15(12)21)19-18-16(23-11-24-18)6-7-25(19)10-13-2-5-17(20)22-9-13/h2-5,8-9,11,19H,6-7,10H2,1H3,(H,23,24)/t19-/m1/s1. The van der Waals surface area contributed by atoms with E-state index >= 15 is 0 Å². The minimum Gasteiger partial charge on any atom is -0.348 e. The number of hydrogen-bond donors (Lipinski definition) is 1. The van der Waals surface area contributed by atoms with E-state index in [1.165, 1.54) is 6.07 Å². The summed E-state index contributed by atoms with van der Waals surface area (Å²) in [6, 6.07) is 9.08. The second-order valence-corrected chi connectivity index (χ2v) is 6.77. The molecule has 0 fully saturated rings. The Balaban J connectivity index is 1.72. The molecule has 0 radical (unpaired) electrons. The number of aryl methyl sites for hydroxylation is 1. The predicted molar refractivity (Wildman–Crippen MR) is 94.9 cm³/mol. The first-order valence-corrected chi connectivity index (χ1v) is 8.62. The number of hydrogen-bond acceptors (Lipinski definition) is 3. The summed E-state index contributed by atoms with van der Waals surface area (Å²) >= 11 is 5.89. The predicted octanol–water partition coefficient (Wildman–Crippen LogP) is 4.05. The van der Waals surface area contributed by atoms with Crippen molar-refractivity contribution in [3.8, 4) is 0 Å². The molecule has 1 N–H and O–H groups in total. The van der Waals surface area contributed by atoms with Crippen LogP contribution in [0.5, 0.6) is 0 Å². The number of rotatable bonds is 3. The minimum atomic E-state index is -0.185. The maximum atomic E-state index is 13.7. The van der Waals surface area contributed by atoms with Crippen molar-refractivity contribution in [1.29, 1.82) is 0 Å². The molecule has 1 aliphatic heterocycles. The van der Waals surface area contributed by atoms with Gasteiger partial charge in [0, 0.05) is 31.4 Å². The molecule has 2 aromatic heterocycles. The fraction of sp³-hybridized carbons (Fsp3) is 0.263. The second-order valence-electron chi connectivity index (χ2n) is 6.39. The normalized spacial score (nSPS) is 17.5. The molecule has 0 aliphatic carbocycles. The molecule has 6 heteroatoms. The van der Waals surface area contributed by atoms with Crippen LogP contribution in [0.2, 0.25) is 5.15 Å². The topological polar surface area (TPSA) is 44.8 Å². The lowest BCUT2D eigenvalue weighted by atomic mass is 9.94. The molecular weight excluding hydrogens is 339 g/mol. The SMILES string of the molecule is Cc1cc([C@@H]2c3nc[nH]c3CCN2Cc2ccc(Cl)nc2)ccc1F. The molecule has 3 aromatic rings. The Labute approximate surface area is 150 Å². The Bertz CT molecular complexity index is 891. The first kappa shape index (κ1) is 16.2. The number of benzene rings is 1. The molecule has 128 valence electrons. The number of fused-ring (bicyclic) bond motifs is 1. The summed E-state index contributed by atoms with van der Waals surface area (Å²) in [6.07, 6.45) is 4.45. The van der Waals surface area contributed by atoms with Gasteiger partial charge in [0.15, 0.2) is 0 Å². The number of nitrogens with one attached hydrogen (secondary N) is 1. The average Bonchev–Trinajstić information content (AvgIpc) is 3.08. The van der Waals surface area contributed by atoms with Crippen molar-refractivity contribution in [3.05, 3.63) is 81.9 Å². The summed E-state index contributed by atoms with van der Waals surface area (Å²) in [5, 5.41) is 0.489. The lowest BCUT2D eigenvalue weighted by molar-refractivity contribution is 0.200. The molecule has 1 atom stereocenters. The maximum absolute atomic E-state index is 13.7. The summed E-state index contributed by atoms with van der Waals surface area (Å²) in [5.41, 5.74) is 4.95. The number of aromatic nitrogens is 3. The Morgan fingerprint density at radius 3 is 2.92 bits per heavy atom. The van der Waals surface area contributed by atoms with Gasteiger partial charge in [-0.25, -0.2) is 14.4 Å². The summed E-state index contributed by atoms with van der Waals surface area (Å²) in [7, 11) is 0. The molecule has 0 unspecified atom stereocenters. The van der Waals surface area contributed by atoms with E-state index < -0.39 is 0 Å². The van der Waals surface area contributed by atoms with Gasteiger partial charge >= 0.3 is 0 Å². The number of aromatic amines is 1. The van der Waals surface area contributed by atoms with E-state index in [2.05, 4.69) is 19.9 Å². The smallest absolute Gasteiger partial charge is 0.129 e. The van der Waals surface area contributed by atoms with Crippen molar-refractivity contribution < 1.29 is 4.39 Å². The van der Waals surface area contributed by atoms with Gasteiger partial charge in [-0.2, -0.15) is 0 Å². The summed E-state index contributed by atoms with van der Waals surface area (Å²) in [5.74, 6) is -0.185. The average molecular weight is 357 g/mol. The highest BCUT2D eigenvalue weighted by molar-refractivity contribution is 6.29. The first-order chi connectivity index (χ1) is 12.1. The van der Waals surface area contributed by atoms with Gasteiger partial charge in [0.1, 0.15) is 11.0 Å². The fourth-order valence-electron chi connectivity index (χ4n) is 3.44. The van der Waals surface area contributed by atoms with Gasteiger partial charge in [0.25, 0.3) is 0 Å². The summed E-state index contributed by atoms with van der Waals surface area (Å²) in [4.78, 5) is 14.3. The third-order valence-electron chi connectivity index (χ3n) is 4.70. The number of H-pyrrole nitrogens is 1. The van der Waals surface area contributed by atoms with Crippen LogP contribution in [0.25, 0.3) is 0 Å². The molecule has 0 saturated carbocycles. The van der Waals surface area contributed by atoms with Crippen LogP contribution >= 0.6 is 11.6 Å². The highest BCUT2D eigenvalue weighted by Crippen LogP contribution is 2.35. The summed E-state index contributed by atoms with van der Waals surface area (Å²) < 4.78 is 13.7. The van der Waals surface area contributed by atoms with E-state index in [-0.39, 0.29) is 11.9 Å². The van der Waals surface area contributed by atoms with Crippen LogP contribution in [0.1, 0.15) is 34.1 Å². The van der Waals surface area contributed by atoms with Crippen molar-refractivity contribution in [2.24, 2.45) is 0 Å². The fourth-order valence-corrected chi connectivity index (χ4v) is 3.55. The Kier molecular flexibility index (Phi) is 4.27. The zero-order chi connectivity index (χ0) is 17.4. The third kappa shape index (κ3) is 3.17. The van der Waals surface area contributed by atoms with Gasteiger partial charge in [-0.3, -0.25) is 4.90 Å². The quantitative estimate of drug-likeness (QED) is 0.720. The van der Waals surface area contributed by atoms with Crippen LogP contribution < -0.4 is 0 Å². The van der Waals surface area contributed by atoms with Crippen molar-refractivity contribution >= 4 is 11.6 Å². The second kappa shape index (κ2) is 6.58. The van der Waals surface area contributed by atoms with E-state index in [1.807, 2.05) is 18.2 Å². The van der Waals surface area contributed by atoms with E-state index in [1.54, 1.807) is 25.5 Å². The molecule has 4 rings (SSSR count). The lowest BCUT2D eigenvalue weighted by Gasteiger charge is -2.35. The summed E-state index contributed by atoms with van der Waals surface area (Å²) in [6.45, 7) is 3.41. The minimum absolute atomic E-state index is 0.00928. The first-order valence-electron chi connectivity index (χ1n) is 8.24. The molecule has 25 heavy (non-hydrogen) atoms. The van der Waals surface area contributed by atoms with E-state index in [9.17, 15) is 4.39 Å². The Morgan fingerprint density at radius 2 is 2.16 bits per heavy atom. The van der Waals surface area contributed by atoms with Crippen molar-refractivity contribution in [3.63, 3.8) is 0 Å². The molecule has 1 aromatic carbocycles. The van der Waals surface area contributed by atoms with Gasteiger partial charge in [-0.15, -0.1) is 0 Å². The van der Waals surface area contributed by atoms with Crippen molar-refractivity contribution in [1.82, 2.24) is 19.9 Å². The molecule has 0 amide bonds. The van der Waals surface area contributed by atoms with Gasteiger partial charge in [-0.05, 0) is 35.7 Å². The Hall–Kier alpha value is -2.24. The molecule has 0 saturated heterocycles. The maximum Gasteiger partial charge on any atom is 0.129 e. The zero-order valence-corrected chi connectivity index (χ0v) is 14.6. The van der Waals surface area contributed by atoms with Crippen LogP contribution in [-0.4, -0.2) is 26.4 Å². The molecule has 4 nitrogen and oxygen atoms in total. The van der Waals surface area contributed by atoms with E-state index in [0.29, 0.717) is 10.7 Å². The van der Waals surface area contributed by atoms with Crippen LogP contribution in [0, 0.1) is 12.7 Å². The Morgan fingerprint density at radius 1 is 1.28 bits per heavy atom. The molecule has 0 bridgehead atoms. The van der Waals surface area contributed by atoms with Crippen molar-refractivity contribution in [2.75, 3.05) is 6.54 Å². The number of pyridine rings is 1. The van der Waals surface area contributed by atoms with E-state index in [4.69, 9.17) is 11.6 Å². The number of halogens is 2. The zero-order valence-electron chi connectivity index (χ0n) is 13.8. The van der Waals surface area contributed by atoms with Gasteiger partial charge in [0.2, 0.25) is 0 Å². The third-order valence-corrected chi connectivity index (χ3v) is 4.92. The largest absolute Gasteiger partial charge is 0.348 e. The van der Waals surface area contributed by atoms with E-state index in [0.717, 1.165) is 42.0 Å². The van der Waals surface area contributed by atoms with Gasteiger partial charge in [0.05, 0.1) is 18.1 Å². The van der Waals surface area contributed by atoms with Crippen LogP contribution in [0.4, 0.5) is 4.39 Å². The molecule has 0 spiro atoms.